The average molecular weight is 390 g/mol. The van der Waals surface area contributed by atoms with Gasteiger partial charge in [0.2, 0.25) is 5.89 Å². The van der Waals surface area contributed by atoms with Gasteiger partial charge in [-0.2, -0.15) is 0 Å². The third-order valence-corrected chi connectivity index (χ3v) is 4.76. The van der Waals surface area contributed by atoms with Crippen molar-refractivity contribution in [2.75, 3.05) is 26.7 Å². The number of oxazole rings is 1. The van der Waals surface area contributed by atoms with Crippen molar-refractivity contribution in [1.82, 2.24) is 24.8 Å². The summed E-state index contributed by atoms with van der Waals surface area (Å²) in [6.07, 6.45) is 5.58. The molecule has 1 atom stereocenters. The Kier molecular flexibility index (Phi) is 6.15. The average Bonchev–Trinajstić information content (AvgIpc) is 3.31. The van der Waals surface area contributed by atoms with Crippen molar-refractivity contribution < 1.29 is 9.15 Å². The first-order chi connectivity index (χ1) is 12.7. The predicted octanol–water partition coefficient (Wildman–Crippen LogP) is 2.65. The maximum Gasteiger partial charge on any atom is 0.226 e. The van der Waals surface area contributed by atoms with Crippen molar-refractivity contribution >= 4 is 12.4 Å². The van der Waals surface area contributed by atoms with Crippen LogP contribution in [0.25, 0.3) is 11.5 Å². The number of aryl methyl sites for hydroxylation is 1. The number of imidazole rings is 1. The van der Waals surface area contributed by atoms with Gasteiger partial charge in [-0.15, -0.1) is 12.4 Å². The lowest BCUT2D eigenvalue weighted by Crippen LogP contribution is -2.46. The molecule has 144 valence electrons. The zero-order chi connectivity index (χ0) is 17.9. The van der Waals surface area contributed by atoms with Gasteiger partial charge in [0.1, 0.15) is 17.8 Å². The molecular weight excluding hydrogens is 366 g/mol. The number of methoxy groups -OCH3 is 1. The Balaban J connectivity index is 0.00000210. The highest BCUT2D eigenvalue weighted by atomic mass is 35.5. The van der Waals surface area contributed by atoms with E-state index in [-0.39, 0.29) is 18.4 Å². The van der Waals surface area contributed by atoms with Crippen LogP contribution in [0.4, 0.5) is 0 Å². The molecule has 3 heterocycles. The van der Waals surface area contributed by atoms with E-state index in [0.717, 1.165) is 49.0 Å². The molecule has 0 saturated carbocycles. The second-order valence-corrected chi connectivity index (χ2v) is 6.46. The summed E-state index contributed by atoms with van der Waals surface area (Å²) >= 11 is 0. The van der Waals surface area contributed by atoms with Crippen LogP contribution in [0.15, 0.2) is 47.3 Å². The molecule has 4 rings (SSSR count). The third kappa shape index (κ3) is 4.16. The molecule has 0 radical (unpaired) electrons. The van der Waals surface area contributed by atoms with Crippen molar-refractivity contribution in [2.24, 2.45) is 7.05 Å². The van der Waals surface area contributed by atoms with E-state index in [1.807, 2.05) is 43.7 Å². The number of nitrogens with one attached hydrogen (secondary N) is 1. The standard InChI is InChI=1S/C19H23N5O2.ClH/c1-23-9-8-21-18(23)17-11-20-7-10-24(17)12-15-13-26-19(22-15)14-3-5-16(25-2)6-4-14;/h3-6,8-9,13,17,20H,7,10-12H2,1-2H3;1H. The maximum absolute atomic E-state index is 5.70. The van der Waals surface area contributed by atoms with E-state index in [0.29, 0.717) is 5.89 Å². The molecule has 1 aromatic carbocycles. The van der Waals surface area contributed by atoms with Gasteiger partial charge in [0.15, 0.2) is 0 Å². The summed E-state index contributed by atoms with van der Waals surface area (Å²) in [5.41, 5.74) is 1.87. The topological polar surface area (TPSA) is 68.3 Å². The molecule has 2 aromatic heterocycles. The van der Waals surface area contributed by atoms with E-state index >= 15 is 0 Å². The minimum Gasteiger partial charge on any atom is -0.497 e. The molecule has 0 aliphatic carbocycles. The number of hydrogen-bond acceptors (Lipinski definition) is 6. The molecule has 1 unspecified atom stereocenters. The Morgan fingerprint density at radius 2 is 2.11 bits per heavy atom. The van der Waals surface area contributed by atoms with Gasteiger partial charge in [-0.3, -0.25) is 4.90 Å². The van der Waals surface area contributed by atoms with Crippen LogP contribution >= 0.6 is 12.4 Å². The lowest BCUT2D eigenvalue weighted by atomic mass is 10.1. The van der Waals surface area contributed by atoms with Crippen LogP contribution in [0.3, 0.4) is 0 Å². The molecule has 7 nitrogen and oxygen atoms in total. The lowest BCUT2D eigenvalue weighted by molar-refractivity contribution is 0.143. The van der Waals surface area contributed by atoms with E-state index in [9.17, 15) is 0 Å². The SMILES string of the molecule is COc1ccc(-c2nc(CN3CCNCC3c3nccn3C)co2)cc1.Cl. The molecule has 1 N–H and O–H groups in total. The van der Waals surface area contributed by atoms with Crippen LogP contribution in [0.5, 0.6) is 5.75 Å². The van der Waals surface area contributed by atoms with Gasteiger partial charge in [-0.25, -0.2) is 9.97 Å². The molecular formula is C19H24ClN5O2. The number of benzene rings is 1. The highest BCUT2D eigenvalue weighted by Gasteiger charge is 2.27. The first-order valence-corrected chi connectivity index (χ1v) is 8.75. The fourth-order valence-electron chi connectivity index (χ4n) is 3.34. The monoisotopic (exact) mass is 389 g/mol. The van der Waals surface area contributed by atoms with Gasteiger partial charge in [0.25, 0.3) is 0 Å². The number of halogens is 1. The van der Waals surface area contributed by atoms with Crippen molar-refractivity contribution in [3.63, 3.8) is 0 Å². The van der Waals surface area contributed by atoms with Crippen LogP contribution in [-0.4, -0.2) is 46.2 Å². The second kappa shape index (κ2) is 8.56. The molecule has 8 heteroatoms. The third-order valence-electron chi connectivity index (χ3n) is 4.76. The Hall–Kier alpha value is -2.35. The van der Waals surface area contributed by atoms with Gasteiger partial charge in [0.05, 0.1) is 18.8 Å². The Labute approximate surface area is 164 Å². The van der Waals surface area contributed by atoms with Gasteiger partial charge in [-0.05, 0) is 24.3 Å². The molecule has 1 fully saturated rings. The summed E-state index contributed by atoms with van der Waals surface area (Å²) in [4.78, 5) is 11.6. The van der Waals surface area contributed by atoms with Crippen LogP contribution in [0.2, 0.25) is 0 Å². The van der Waals surface area contributed by atoms with Crippen molar-refractivity contribution in [2.45, 2.75) is 12.6 Å². The minimum atomic E-state index is 0. The largest absolute Gasteiger partial charge is 0.497 e. The fraction of sp³-hybridized carbons (Fsp3) is 0.368. The molecule has 0 spiro atoms. The highest BCUT2D eigenvalue weighted by molar-refractivity contribution is 5.85. The summed E-state index contributed by atoms with van der Waals surface area (Å²) in [7, 11) is 3.69. The summed E-state index contributed by atoms with van der Waals surface area (Å²) in [6.45, 7) is 3.53. The summed E-state index contributed by atoms with van der Waals surface area (Å²) < 4.78 is 13.0. The lowest BCUT2D eigenvalue weighted by Gasteiger charge is -2.35. The second-order valence-electron chi connectivity index (χ2n) is 6.46. The van der Waals surface area contributed by atoms with E-state index < -0.39 is 0 Å². The minimum absolute atomic E-state index is 0. The molecule has 3 aromatic rings. The Morgan fingerprint density at radius 3 is 2.81 bits per heavy atom. The first kappa shape index (κ1) is 19.4. The normalized spacial score (nSPS) is 17.5. The Morgan fingerprint density at radius 1 is 1.30 bits per heavy atom. The number of aromatic nitrogens is 3. The number of rotatable bonds is 5. The molecule has 1 aliphatic heterocycles. The summed E-state index contributed by atoms with van der Waals surface area (Å²) in [6, 6.07) is 7.95. The Bertz CT molecular complexity index is 861. The molecule has 1 aliphatic rings. The smallest absolute Gasteiger partial charge is 0.226 e. The number of hydrogen-bond donors (Lipinski definition) is 1. The van der Waals surface area contributed by atoms with E-state index in [1.165, 1.54) is 0 Å². The molecule has 27 heavy (non-hydrogen) atoms. The van der Waals surface area contributed by atoms with Crippen LogP contribution in [0.1, 0.15) is 17.6 Å². The molecule has 1 saturated heterocycles. The zero-order valence-corrected chi connectivity index (χ0v) is 16.3. The zero-order valence-electron chi connectivity index (χ0n) is 15.5. The van der Waals surface area contributed by atoms with Gasteiger partial charge >= 0.3 is 0 Å². The number of nitrogens with zero attached hydrogens (tertiary/aromatic N) is 4. The van der Waals surface area contributed by atoms with Crippen LogP contribution in [-0.2, 0) is 13.6 Å². The summed E-state index contributed by atoms with van der Waals surface area (Å²) in [5, 5.41) is 3.46. The van der Waals surface area contributed by atoms with Gasteiger partial charge < -0.3 is 19.0 Å². The quantitative estimate of drug-likeness (QED) is 0.723. The highest BCUT2D eigenvalue weighted by Crippen LogP contribution is 2.25. The fourth-order valence-corrected chi connectivity index (χ4v) is 3.34. The predicted molar refractivity (Wildman–Crippen MR) is 105 cm³/mol. The maximum atomic E-state index is 5.70. The van der Waals surface area contributed by atoms with Crippen LogP contribution in [0, 0.1) is 0 Å². The van der Waals surface area contributed by atoms with E-state index in [2.05, 4.69) is 24.8 Å². The van der Waals surface area contributed by atoms with Crippen molar-refractivity contribution in [3.8, 4) is 17.2 Å². The van der Waals surface area contributed by atoms with E-state index in [4.69, 9.17) is 9.15 Å². The summed E-state index contributed by atoms with van der Waals surface area (Å²) in [5.74, 6) is 2.52. The van der Waals surface area contributed by atoms with Crippen molar-refractivity contribution in [3.05, 3.63) is 54.4 Å². The van der Waals surface area contributed by atoms with E-state index in [1.54, 1.807) is 13.4 Å². The van der Waals surface area contributed by atoms with Gasteiger partial charge in [-0.1, -0.05) is 0 Å². The number of piperazine rings is 1. The van der Waals surface area contributed by atoms with Crippen LogP contribution < -0.4 is 10.1 Å². The molecule has 0 amide bonds. The number of ether oxygens (including phenoxy) is 1. The van der Waals surface area contributed by atoms with Gasteiger partial charge in [0, 0.05) is 51.2 Å². The molecule has 0 bridgehead atoms. The first-order valence-electron chi connectivity index (χ1n) is 8.75. The van der Waals surface area contributed by atoms with Crippen molar-refractivity contribution in [1.29, 1.82) is 0 Å².